The first-order valence-electron chi connectivity index (χ1n) is 6.33. The normalized spacial score (nSPS) is 23.2. The number of nitrogens with zero attached hydrogens (tertiary/aromatic N) is 5. The van der Waals surface area contributed by atoms with Gasteiger partial charge in [-0.3, -0.25) is 0 Å². The van der Waals surface area contributed by atoms with Gasteiger partial charge in [-0.15, -0.1) is 0 Å². The molecule has 1 aromatic rings. The molecule has 0 N–H and O–H groups in total. The number of aromatic nitrogens is 2. The Labute approximate surface area is 106 Å². The zero-order chi connectivity index (χ0) is 12.8. The molecule has 0 saturated heterocycles. The van der Waals surface area contributed by atoms with Crippen molar-refractivity contribution in [2.75, 3.05) is 0 Å². The molecule has 96 valence electrons. The highest BCUT2D eigenvalue weighted by Crippen LogP contribution is 2.24. The number of hydrogen-bond acceptors (Lipinski definition) is 4. The molecule has 0 amide bonds. The van der Waals surface area contributed by atoms with Crippen LogP contribution >= 0.6 is 0 Å². The van der Waals surface area contributed by atoms with Gasteiger partial charge in [-0.05, 0) is 43.2 Å². The lowest BCUT2D eigenvalue weighted by Gasteiger charge is -2.25. The van der Waals surface area contributed by atoms with Crippen LogP contribution in [0.2, 0.25) is 0 Å². The van der Waals surface area contributed by atoms with Gasteiger partial charge >= 0.3 is 6.01 Å². The topological polar surface area (TPSA) is 83.8 Å². The first-order chi connectivity index (χ1) is 8.81. The summed E-state index contributed by atoms with van der Waals surface area (Å²) in [5.74, 6) is 0. The SMILES string of the molecule is CCc1cnc(OC2CCC(N=[N+]=[N-])CC2)nc1. The molecule has 0 bridgehead atoms. The van der Waals surface area contributed by atoms with Crippen LogP contribution in [0, 0.1) is 0 Å². The highest BCUT2D eigenvalue weighted by atomic mass is 16.5. The van der Waals surface area contributed by atoms with E-state index in [1.165, 1.54) is 0 Å². The van der Waals surface area contributed by atoms with Crippen molar-refractivity contribution in [2.45, 2.75) is 51.2 Å². The summed E-state index contributed by atoms with van der Waals surface area (Å²) in [5.41, 5.74) is 9.48. The summed E-state index contributed by atoms with van der Waals surface area (Å²) in [4.78, 5) is 11.2. The van der Waals surface area contributed by atoms with Crippen LogP contribution in [-0.2, 0) is 6.42 Å². The van der Waals surface area contributed by atoms with E-state index < -0.39 is 0 Å². The van der Waals surface area contributed by atoms with Crippen LogP contribution in [-0.4, -0.2) is 22.1 Å². The number of ether oxygens (including phenoxy) is 1. The Bertz CT molecular complexity index is 419. The molecule has 0 atom stereocenters. The van der Waals surface area contributed by atoms with E-state index in [0.717, 1.165) is 37.7 Å². The van der Waals surface area contributed by atoms with Crippen molar-refractivity contribution >= 4 is 0 Å². The van der Waals surface area contributed by atoms with E-state index in [9.17, 15) is 0 Å². The summed E-state index contributed by atoms with van der Waals surface area (Å²) in [7, 11) is 0. The first-order valence-corrected chi connectivity index (χ1v) is 6.33. The van der Waals surface area contributed by atoms with Crippen molar-refractivity contribution in [3.63, 3.8) is 0 Å². The van der Waals surface area contributed by atoms with Crippen molar-refractivity contribution in [1.29, 1.82) is 0 Å². The van der Waals surface area contributed by atoms with Crippen molar-refractivity contribution in [3.05, 3.63) is 28.4 Å². The van der Waals surface area contributed by atoms with Gasteiger partial charge in [0.15, 0.2) is 0 Å². The fourth-order valence-corrected chi connectivity index (χ4v) is 2.09. The second kappa shape index (κ2) is 6.21. The monoisotopic (exact) mass is 247 g/mol. The summed E-state index contributed by atoms with van der Waals surface area (Å²) in [6.07, 6.45) is 8.20. The molecule has 1 fully saturated rings. The van der Waals surface area contributed by atoms with E-state index in [2.05, 4.69) is 26.9 Å². The van der Waals surface area contributed by atoms with Gasteiger partial charge in [0.1, 0.15) is 6.10 Å². The van der Waals surface area contributed by atoms with Crippen LogP contribution in [0.1, 0.15) is 38.2 Å². The Morgan fingerprint density at radius 3 is 2.56 bits per heavy atom. The maximum absolute atomic E-state index is 8.38. The average Bonchev–Trinajstić information content (AvgIpc) is 2.42. The largest absolute Gasteiger partial charge is 0.460 e. The molecule has 1 heterocycles. The van der Waals surface area contributed by atoms with Gasteiger partial charge in [0.05, 0.1) is 0 Å². The van der Waals surface area contributed by atoms with Crippen LogP contribution in [0.3, 0.4) is 0 Å². The quantitative estimate of drug-likeness (QED) is 0.465. The lowest BCUT2D eigenvalue weighted by molar-refractivity contribution is 0.134. The highest BCUT2D eigenvalue weighted by molar-refractivity contribution is 5.07. The summed E-state index contributed by atoms with van der Waals surface area (Å²) in [5, 5.41) is 3.74. The minimum atomic E-state index is 0.123. The van der Waals surface area contributed by atoms with Crippen LogP contribution in [0.25, 0.3) is 10.4 Å². The van der Waals surface area contributed by atoms with Gasteiger partial charge < -0.3 is 4.74 Å². The third-order valence-corrected chi connectivity index (χ3v) is 3.22. The van der Waals surface area contributed by atoms with E-state index in [1.807, 2.05) is 0 Å². The Morgan fingerprint density at radius 1 is 1.33 bits per heavy atom. The Hall–Kier alpha value is -1.81. The summed E-state index contributed by atoms with van der Waals surface area (Å²) >= 11 is 0. The Morgan fingerprint density at radius 2 is 2.00 bits per heavy atom. The minimum absolute atomic E-state index is 0.123. The van der Waals surface area contributed by atoms with Crippen molar-refractivity contribution < 1.29 is 4.74 Å². The van der Waals surface area contributed by atoms with Crippen molar-refractivity contribution in [3.8, 4) is 6.01 Å². The fraction of sp³-hybridized carbons (Fsp3) is 0.667. The number of aryl methyl sites for hydroxylation is 1. The number of hydrogen-bond donors (Lipinski definition) is 0. The van der Waals surface area contributed by atoms with Crippen LogP contribution in [0.5, 0.6) is 6.01 Å². The molecule has 0 unspecified atom stereocenters. The molecule has 2 rings (SSSR count). The first kappa shape index (κ1) is 12.6. The predicted molar refractivity (Wildman–Crippen MR) is 67.2 cm³/mol. The fourth-order valence-electron chi connectivity index (χ4n) is 2.09. The summed E-state index contributed by atoms with van der Waals surface area (Å²) in [6.45, 7) is 2.07. The Balaban J connectivity index is 1.85. The zero-order valence-corrected chi connectivity index (χ0v) is 10.5. The molecule has 0 spiro atoms. The Kier molecular flexibility index (Phi) is 4.36. The van der Waals surface area contributed by atoms with Crippen molar-refractivity contribution in [2.24, 2.45) is 5.11 Å². The minimum Gasteiger partial charge on any atom is -0.460 e. The van der Waals surface area contributed by atoms with E-state index in [0.29, 0.717) is 6.01 Å². The maximum atomic E-state index is 8.38. The molecule has 1 aliphatic rings. The zero-order valence-electron chi connectivity index (χ0n) is 10.5. The molecule has 6 heteroatoms. The molecule has 0 aromatic carbocycles. The van der Waals surface area contributed by atoms with Crippen LogP contribution < -0.4 is 4.74 Å². The van der Waals surface area contributed by atoms with E-state index >= 15 is 0 Å². The second-order valence-corrected chi connectivity index (χ2v) is 4.48. The predicted octanol–water partition coefficient (Wildman–Crippen LogP) is 3.04. The molecule has 0 aliphatic heterocycles. The van der Waals surface area contributed by atoms with E-state index in [-0.39, 0.29) is 12.1 Å². The molecule has 1 aromatic heterocycles. The van der Waals surface area contributed by atoms with E-state index in [4.69, 9.17) is 10.3 Å². The molecule has 6 nitrogen and oxygen atoms in total. The molecular formula is C12H17N5O. The lowest BCUT2D eigenvalue weighted by Crippen LogP contribution is -2.26. The standard InChI is InChI=1S/C12H17N5O/c1-2-9-7-14-12(15-8-9)18-11-5-3-10(4-6-11)16-17-13/h7-8,10-11H,2-6H2,1H3. The number of azide groups is 1. The van der Waals surface area contributed by atoms with E-state index in [1.54, 1.807) is 12.4 Å². The molecule has 0 radical (unpaired) electrons. The molecule has 1 saturated carbocycles. The van der Waals surface area contributed by atoms with Gasteiger partial charge in [-0.25, -0.2) is 9.97 Å². The summed E-state index contributed by atoms with van der Waals surface area (Å²) in [6, 6.07) is 0.567. The van der Waals surface area contributed by atoms with Crippen LogP contribution in [0.4, 0.5) is 0 Å². The summed E-state index contributed by atoms with van der Waals surface area (Å²) < 4.78 is 5.72. The smallest absolute Gasteiger partial charge is 0.316 e. The van der Waals surface area contributed by atoms with Gasteiger partial charge in [0.25, 0.3) is 0 Å². The average molecular weight is 247 g/mol. The maximum Gasteiger partial charge on any atom is 0.316 e. The third-order valence-electron chi connectivity index (χ3n) is 3.22. The lowest BCUT2D eigenvalue weighted by atomic mass is 9.94. The highest BCUT2D eigenvalue weighted by Gasteiger charge is 2.22. The van der Waals surface area contributed by atoms with Gasteiger partial charge in [0.2, 0.25) is 0 Å². The molecule has 1 aliphatic carbocycles. The molecular weight excluding hydrogens is 230 g/mol. The second-order valence-electron chi connectivity index (χ2n) is 4.48. The van der Waals surface area contributed by atoms with Crippen molar-refractivity contribution in [1.82, 2.24) is 9.97 Å². The van der Waals surface area contributed by atoms with Gasteiger partial charge in [-0.2, -0.15) is 0 Å². The molecule has 18 heavy (non-hydrogen) atoms. The van der Waals surface area contributed by atoms with Gasteiger partial charge in [-0.1, -0.05) is 12.0 Å². The third kappa shape index (κ3) is 3.34. The number of rotatable bonds is 4. The van der Waals surface area contributed by atoms with Gasteiger partial charge in [0, 0.05) is 23.3 Å². The van der Waals surface area contributed by atoms with Crippen LogP contribution in [0.15, 0.2) is 17.5 Å².